The second-order valence-electron chi connectivity index (χ2n) is 6.61. The Balaban J connectivity index is 3.38. The Morgan fingerprint density at radius 3 is 2.19 bits per heavy atom. The molecule has 1 atom stereocenters. The number of nitrogens with zero attached hydrogens (tertiary/aromatic N) is 2. The monoisotopic (exact) mass is 388 g/mol. The third-order valence-electron chi connectivity index (χ3n) is 3.44. The van der Waals surface area contributed by atoms with Crippen molar-refractivity contribution in [3.05, 3.63) is 38.4 Å². The van der Waals surface area contributed by atoms with E-state index in [2.05, 4.69) is 0 Å². The molecular weight excluding hydrogens is 368 g/mol. The van der Waals surface area contributed by atoms with Crippen molar-refractivity contribution < 1.29 is 27.2 Å². The van der Waals surface area contributed by atoms with Gasteiger partial charge in [0.15, 0.2) is 10.7 Å². The maximum Gasteiger partial charge on any atom is 0.304 e. The molecule has 0 aliphatic rings. The minimum Gasteiger partial charge on any atom is -0.296 e. The zero-order valence-corrected chi connectivity index (χ0v) is 15.6. The zero-order valence-electron chi connectivity index (χ0n) is 14.8. The molecule has 0 aliphatic heterocycles. The van der Waals surface area contributed by atoms with Gasteiger partial charge in [0.05, 0.1) is 15.9 Å². The average molecular weight is 388 g/mol. The van der Waals surface area contributed by atoms with E-state index < -0.39 is 53.5 Å². The van der Waals surface area contributed by atoms with Gasteiger partial charge in [-0.05, 0) is 12.5 Å². The molecular formula is C15H20N2O8S. The van der Waals surface area contributed by atoms with Crippen LogP contribution in [0, 0.1) is 25.6 Å². The molecule has 0 radical (unpaired) electrons. The summed E-state index contributed by atoms with van der Waals surface area (Å²) in [5.74, 6) is -0.465. The van der Waals surface area contributed by atoms with Crippen LogP contribution < -0.4 is 0 Å². The van der Waals surface area contributed by atoms with Gasteiger partial charge in [0.1, 0.15) is 6.10 Å². The van der Waals surface area contributed by atoms with Crippen LogP contribution in [-0.2, 0) is 19.1 Å². The lowest BCUT2D eigenvalue weighted by atomic mass is 9.86. The Labute approximate surface area is 150 Å². The van der Waals surface area contributed by atoms with Gasteiger partial charge in [-0.2, -0.15) is 8.42 Å². The number of hydrogen-bond acceptors (Lipinski definition) is 8. The van der Waals surface area contributed by atoms with Crippen molar-refractivity contribution >= 4 is 27.3 Å². The van der Waals surface area contributed by atoms with Crippen molar-refractivity contribution in [1.82, 2.24) is 0 Å². The predicted molar refractivity (Wildman–Crippen MR) is 91.2 cm³/mol. The first kappa shape index (κ1) is 21.6. The lowest BCUT2D eigenvalue weighted by molar-refractivity contribution is -0.396. The van der Waals surface area contributed by atoms with E-state index in [0.29, 0.717) is 12.5 Å². The minimum atomic E-state index is -4.69. The molecule has 0 amide bonds. The SMILES string of the molecule is CCCC(OS(=O)(=O)c1ccc([N+](=O)[O-])cc1[N+](=O)[O-])C(=O)C(C)(C)C. The van der Waals surface area contributed by atoms with Crippen LogP contribution >= 0.6 is 0 Å². The first-order chi connectivity index (χ1) is 11.8. The molecule has 0 aromatic heterocycles. The van der Waals surface area contributed by atoms with Crippen LogP contribution in [0.15, 0.2) is 23.1 Å². The van der Waals surface area contributed by atoms with Crippen LogP contribution in [0.4, 0.5) is 11.4 Å². The zero-order chi connectivity index (χ0) is 20.3. The number of benzene rings is 1. The lowest BCUT2D eigenvalue weighted by Gasteiger charge is -2.24. The first-order valence-corrected chi connectivity index (χ1v) is 9.12. The Kier molecular flexibility index (Phi) is 6.55. The van der Waals surface area contributed by atoms with Gasteiger partial charge in [-0.25, -0.2) is 0 Å². The summed E-state index contributed by atoms with van der Waals surface area (Å²) in [7, 11) is -4.69. The van der Waals surface area contributed by atoms with Crippen LogP contribution in [-0.4, -0.2) is 30.2 Å². The van der Waals surface area contributed by atoms with Crippen LogP contribution in [0.5, 0.6) is 0 Å². The lowest BCUT2D eigenvalue weighted by Crippen LogP contribution is -2.36. The summed E-state index contributed by atoms with van der Waals surface area (Å²) in [5.41, 5.74) is -2.50. The Morgan fingerprint density at radius 1 is 1.19 bits per heavy atom. The van der Waals surface area contributed by atoms with Gasteiger partial charge in [0.25, 0.3) is 11.4 Å². The van der Waals surface area contributed by atoms with E-state index in [1.165, 1.54) is 0 Å². The van der Waals surface area contributed by atoms with E-state index in [-0.39, 0.29) is 6.42 Å². The molecule has 0 saturated heterocycles. The van der Waals surface area contributed by atoms with E-state index >= 15 is 0 Å². The second kappa shape index (κ2) is 7.87. The fourth-order valence-corrected chi connectivity index (χ4v) is 3.36. The van der Waals surface area contributed by atoms with E-state index in [4.69, 9.17) is 4.18 Å². The van der Waals surface area contributed by atoms with Crippen molar-refractivity contribution in [3.63, 3.8) is 0 Å². The summed E-state index contributed by atoms with van der Waals surface area (Å²) < 4.78 is 30.0. The highest BCUT2D eigenvalue weighted by molar-refractivity contribution is 7.87. The smallest absolute Gasteiger partial charge is 0.296 e. The van der Waals surface area contributed by atoms with Gasteiger partial charge in [0.2, 0.25) is 0 Å². The number of carbonyl (C=O) groups excluding carboxylic acids is 1. The summed E-state index contributed by atoms with van der Waals surface area (Å²) in [6.45, 7) is 6.53. The first-order valence-electron chi connectivity index (χ1n) is 7.71. The average Bonchev–Trinajstić information content (AvgIpc) is 2.51. The second-order valence-corrected chi connectivity index (χ2v) is 8.15. The molecule has 0 saturated carbocycles. The largest absolute Gasteiger partial charge is 0.304 e. The van der Waals surface area contributed by atoms with Gasteiger partial charge in [-0.1, -0.05) is 34.1 Å². The van der Waals surface area contributed by atoms with E-state index in [0.717, 1.165) is 12.1 Å². The van der Waals surface area contributed by atoms with E-state index in [1.54, 1.807) is 27.7 Å². The van der Waals surface area contributed by atoms with E-state index in [1.807, 2.05) is 0 Å². The molecule has 0 bridgehead atoms. The maximum atomic E-state index is 12.5. The topological polar surface area (TPSA) is 147 Å². The molecule has 26 heavy (non-hydrogen) atoms. The molecule has 1 aromatic rings. The summed E-state index contributed by atoms with van der Waals surface area (Å²) in [4.78, 5) is 31.5. The van der Waals surface area contributed by atoms with Crippen LogP contribution in [0.25, 0.3) is 0 Å². The molecule has 1 unspecified atom stereocenters. The number of non-ortho nitro benzene ring substituents is 1. The number of nitro groups is 2. The molecule has 0 fully saturated rings. The summed E-state index contributed by atoms with van der Waals surface area (Å²) in [6, 6.07) is 2.09. The number of hydrogen-bond donors (Lipinski definition) is 0. The predicted octanol–water partition coefficient (Wildman–Crippen LogP) is 2.99. The van der Waals surface area contributed by atoms with Crippen molar-refractivity contribution in [2.24, 2.45) is 5.41 Å². The fraction of sp³-hybridized carbons (Fsp3) is 0.533. The third-order valence-corrected chi connectivity index (χ3v) is 4.81. The molecule has 11 heteroatoms. The number of rotatable bonds is 8. The number of nitro benzene ring substituents is 2. The molecule has 0 spiro atoms. The molecule has 0 aliphatic carbocycles. The van der Waals surface area contributed by atoms with Gasteiger partial charge in [-0.3, -0.25) is 29.2 Å². The summed E-state index contributed by atoms with van der Waals surface area (Å²) >= 11 is 0. The Hall–Kier alpha value is -2.40. The highest BCUT2D eigenvalue weighted by atomic mass is 32.2. The van der Waals surface area contributed by atoms with Crippen molar-refractivity contribution in [3.8, 4) is 0 Å². The summed E-state index contributed by atoms with van der Waals surface area (Å²) in [5, 5.41) is 21.9. The fourth-order valence-electron chi connectivity index (χ4n) is 2.15. The number of ketones is 1. The van der Waals surface area contributed by atoms with Crippen molar-refractivity contribution in [1.29, 1.82) is 0 Å². The number of carbonyl (C=O) groups is 1. The van der Waals surface area contributed by atoms with Gasteiger partial charge in [0, 0.05) is 11.5 Å². The van der Waals surface area contributed by atoms with Crippen molar-refractivity contribution in [2.75, 3.05) is 0 Å². The Bertz CT molecular complexity index is 827. The van der Waals surface area contributed by atoms with Gasteiger partial charge in [-0.15, -0.1) is 0 Å². The van der Waals surface area contributed by atoms with E-state index in [9.17, 15) is 33.4 Å². The quantitative estimate of drug-likeness (QED) is 0.375. The standard InChI is InChI=1S/C15H20N2O8S/c1-5-6-12(14(18)15(2,3)4)25-26(23,24)13-8-7-10(16(19)20)9-11(13)17(21)22/h7-9,12H,5-6H2,1-4H3. The molecule has 0 heterocycles. The van der Waals surface area contributed by atoms with Gasteiger partial charge >= 0.3 is 10.1 Å². The molecule has 10 nitrogen and oxygen atoms in total. The highest BCUT2D eigenvalue weighted by Gasteiger charge is 2.37. The molecule has 1 rings (SSSR count). The van der Waals surface area contributed by atoms with Gasteiger partial charge < -0.3 is 0 Å². The van der Waals surface area contributed by atoms with Crippen molar-refractivity contribution in [2.45, 2.75) is 51.5 Å². The number of Topliss-reactive ketones (excluding diaryl/α,β-unsaturated/α-hetero) is 1. The van der Waals surface area contributed by atoms with Crippen LogP contribution in [0.1, 0.15) is 40.5 Å². The Morgan fingerprint density at radius 2 is 1.77 bits per heavy atom. The normalized spacial score (nSPS) is 13.2. The highest BCUT2D eigenvalue weighted by Crippen LogP contribution is 2.31. The molecule has 1 aromatic carbocycles. The van der Waals surface area contributed by atoms with Crippen LogP contribution in [0.2, 0.25) is 0 Å². The minimum absolute atomic E-state index is 0.107. The maximum absolute atomic E-state index is 12.5. The van der Waals surface area contributed by atoms with Crippen LogP contribution in [0.3, 0.4) is 0 Å². The molecule has 144 valence electrons. The molecule has 0 N–H and O–H groups in total. The third kappa shape index (κ3) is 5.05. The summed E-state index contributed by atoms with van der Waals surface area (Å²) in [6.07, 6.45) is -0.750.